The molecule has 0 bridgehead atoms. The van der Waals surface area contributed by atoms with Crippen LogP contribution in [0.15, 0.2) is 0 Å². The minimum Gasteiger partial charge on any atom is -0.460 e. The van der Waals surface area contributed by atoms with Crippen molar-refractivity contribution < 1.29 is 19.7 Å². The van der Waals surface area contributed by atoms with Gasteiger partial charge in [-0.05, 0) is 19.3 Å². The van der Waals surface area contributed by atoms with Crippen LogP contribution in [0.4, 0.5) is 0 Å². The number of hydrogen-bond acceptors (Lipinski definition) is 4. The lowest BCUT2D eigenvalue weighted by Gasteiger charge is -2.22. The quantitative estimate of drug-likeness (QED) is 0.775. The number of hydrogen-bond donors (Lipinski definition) is 2. The highest BCUT2D eigenvalue weighted by Gasteiger charge is 2.22. The number of cyclic esters (lactones) is 1. The molecule has 0 aromatic rings. The van der Waals surface area contributed by atoms with E-state index in [0.717, 1.165) is 25.7 Å². The molecule has 4 nitrogen and oxygen atoms in total. The molecule has 0 spiro atoms. The van der Waals surface area contributed by atoms with Crippen LogP contribution in [0.25, 0.3) is 0 Å². The molecule has 2 atom stereocenters. The Kier molecular flexibility index (Phi) is 8.84. The van der Waals surface area contributed by atoms with Gasteiger partial charge in [0.1, 0.15) is 6.10 Å². The molecule has 0 aromatic carbocycles. The van der Waals surface area contributed by atoms with E-state index in [0.29, 0.717) is 12.8 Å². The zero-order valence-corrected chi connectivity index (χ0v) is 11.9. The lowest BCUT2D eigenvalue weighted by atomic mass is 10.0. The van der Waals surface area contributed by atoms with Crippen LogP contribution in [-0.2, 0) is 9.53 Å². The molecule has 1 aliphatic rings. The molecular weight excluding hydrogens is 244 g/mol. The summed E-state index contributed by atoms with van der Waals surface area (Å²) < 4.78 is 5.38. The highest BCUT2D eigenvalue weighted by Crippen LogP contribution is 2.18. The van der Waals surface area contributed by atoms with Crippen molar-refractivity contribution in [1.82, 2.24) is 0 Å². The van der Waals surface area contributed by atoms with Crippen LogP contribution in [0.2, 0.25) is 0 Å². The van der Waals surface area contributed by atoms with Crippen molar-refractivity contribution in [2.45, 2.75) is 82.8 Å². The third-order valence-corrected chi connectivity index (χ3v) is 3.76. The number of carbonyl (C=O) groups excluding carboxylic acids is 1. The number of ether oxygens (including phenoxy) is 1. The molecule has 0 aliphatic carbocycles. The van der Waals surface area contributed by atoms with Crippen molar-refractivity contribution in [3.05, 3.63) is 0 Å². The Morgan fingerprint density at radius 3 is 2.26 bits per heavy atom. The summed E-state index contributed by atoms with van der Waals surface area (Å²) in [7, 11) is 0. The van der Waals surface area contributed by atoms with Crippen molar-refractivity contribution in [3.63, 3.8) is 0 Å². The Balaban J connectivity index is 2.47. The van der Waals surface area contributed by atoms with E-state index >= 15 is 0 Å². The van der Waals surface area contributed by atoms with E-state index in [1.807, 2.05) is 0 Å². The average molecular weight is 272 g/mol. The molecule has 19 heavy (non-hydrogen) atoms. The molecule has 0 saturated carbocycles. The van der Waals surface area contributed by atoms with Crippen LogP contribution in [0.1, 0.15) is 70.6 Å². The van der Waals surface area contributed by atoms with Crippen LogP contribution < -0.4 is 0 Å². The SMILES string of the molecule is O=C1CCCCCCCCCCC(C(O)CCO)O1. The summed E-state index contributed by atoms with van der Waals surface area (Å²) in [5, 5.41) is 18.8. The normalized spacial score (nSPS) is 25.6. The van der Waals surface area contributed by atoms with Gasteiger partial charge >= 0.3 is 5.97 Å². The summed E-state index contributed by atoms with van der Waals surface area (Å²) >= 11 is 0. The molecule has 1 fully saturated rings. The molecule has 4 heteroatoms. The van der Waals surface area contributed by atoms with Gasteiger partial charge in [-0.3, -0.25) is 4.79 Å². The van der Waals surface area contributed by atoms with Crippen molar-refractivity contribution in [1.29, 1.82) is 0 Å². The first kappa shape index (κ1) is 16.4. The van der Waals surface area contributed by atoms with Crippen LogP contribution in [0, 0.1) is 0 Å². The molecule has 1 saturated heterocycles. The highest BCUT2D eigenvalue weighted by atomic mass is 16.6. The van der Waals surface area contributed by atoms with E-state index in [-0.39, 0.29) is 19.0 Å². The van der Waals surface area contributed by atoms with Crippen molar-refractivity contribution in [2.24, 2.45) is 0 Å². The maximum absolute atomic E-state index is 11.7. The molecule has 2 N–H and O–H groups in total. The second-order valence-electron chi connectivity index (χ2n) is 5.48. The van der Waals surface area contributed by atoms with E-state index < -0.39 is 12.2 Å². The van der Waals surface area contributed by atoms with Gasteiger partial charge in [0.15, 0.2) is 0 Å². The molecular formula is C15H28O4. The smallest absolute Gasteiger partial charge is 0.306 e. The van der Waals surface area contributed by atoms with Gasteiger partial charge in [0.25, 0.3) is 0 Å². The first-order valence-corrected chi connectivity index (χ1v) is 7.72. The van der Waals surface area contributed by atoms with E-state index in [2.05, 4.69) is 0 Å². The number of carbonyl (C=O) groups is 1. The Hall–Kier alpha value is -0.610. The predicted octanol–water partition coefficient (Wildman–Crippen LogP) is 2.56. The topological polar surface area (TPSA) is 66.8 Å². The summed E-state index contributed by atoms with van der Waals surface area (Å²) in [5.74, 6) is -0.207. The fraction of sp³-hybridized carbons (Fsp3) is 0.933. The molecule has 0 radical (unpaired) electrons. The molecule has 0 amide bonds. The van der Waals surface area contributed by atoms with Crippen molar-refractivity contribution >= 4 is 5.97 Å². The van der Waals surface area contributed by atoms with Gasteiger partial charge in [0.2, 0.25) is 0 Å². The number of aliphatic hydroxyl groups excluding tert-OH is 2. The number of esters is 1. The molecule has 0 aromatic heterocycles. The standard InChI is InChI=1S/C15H28O4/c16-12-11-13(17)14-9-7-5-3-1-2-4-6-8-10-15(18)19-14/h13-14,16-17H,1-12H2. The van der Waals surface area contributed by atoms with Gasteiger partial charge < -0.3 is 14.9 Å². The van der Waals surface area contributed by atoms with Gasteiger partial charge in [0.05, 0.1) is 6.10 Å². The van der Waals surface area contributed by atoms with Crippen molar-refractivity contribution in [3.8, 4) is 0 Å². The van der Waals surface area contributed by atoms with E-state index in [1.165, 1.54) is 25.7 Å². The minimum atomic E-state index is -0.737. The Labute approximate surface area is 116 Å². The minimum absolute atomic E-state index is 0.0742. The molecule has 1 aliphatic heterocycles. The fourth-order valence-corrected chi connectivity index (χ4v) is 2.55. The van der Waals surface area contributed by atoms with E-state index in [4.69, 9.17) is 9.84 Å². The number of aliphatic hydroxyl groups is 2. The molecule has 1 heterocycles. The lowest BCUT2D eigenvalue weighted by molar-refractivity contribution is -0.156. The fourth-order valence-electron chi connectivity index (χ4n) is 2.55. The zero-order valence-electron chi connectivity index (χ0n) is 11.9. The summed E-state index contributed by atoms with van der Waals surface area (Å²) in [5.41, 5.74) is 0. The molecule has 112 valence electrons. The first-order valence-electron chi connectivity index (χ1n) is 7.72. The highest BCUT2D eigenvalue weighted by molar-refractivity contribution is 5.69. The Morgan fingerprint density at radius 1 is 1.05 bits per heavy atom. The lowest BCUT2D eigenvalue weighted by Crippen LogP contribution is -2.32. The Morgan fingerprint density at radius 2 is 1.63 bits per heavy atom. The summed E-state index contributed by atoms with van der Waals surface area (Å²) in [4.78, 5) is 11.7. The van der Waals surface area contributed by atoms with Gasteiger partial charge in [-0.1, -0.05) is 38.5 Å². The predicted molar refractivity (Wildman–Crippen MR) is 73.8 cm³/mol. The van der Waals surface area contributed by atoms with Crippen molar-refractivity contribution in [2.75, 3.05) is 6.61 Å². The summed E-state index contributed by atoms with van der Waals surface area (Å²) in [6.07, 6.45) is 9.23. The van der Waals surface area contributed by atoms with E-state index in [1.54, 1.807) is 0 Å². The maximum Gasteiger partial charge on any atom is 0.306 e. The molecule has 2 unspecified atom stereocenters. The second-order valence-corrected chi connectivity index (χ2v) is 5.48. The zero-order chi connectivity index (χ0) is 13.9. The van der Waals surface area contributed by atoms with Gasteiger partial charge in [-0.2, -0.15) is 0 Å². The monoisotopic (exact) mass is 272 g/mol. The first-order chi connectivity index (χ1) is 9.24. The van der Waals surface area contributed by atoms with Gasteiger partial charge in [0, 0.05) is 19.4 Å². The number of rotatable bonds is 3. The maximum atomic E-state index is 11.7. The Bertz CT molecular complexity index is 242. The van der Waals surface area contributed by atoms with Crippen LogP contribution >= 0.6 is 0 Å². The summed E-state index contributed by atoms with van der Waals surface area (Å²) in [6, 6.07) is 0. The third-order valence-electron chi connectivity index (χ3n) is 3.76. The van der Waals surface area contributed by atoms with Gasteiger partial charge in [-0.25, -0.2) is 0 Å². The van der Waals surface area contributed by atoms with Crippen LogP contribution in [0.5, 0.6) is 0 Å². The average Bonchev–Trinajstić information content (AvgIpc) is 2.40. The second kappa shape index (κ2) is 10.2. The van der Waals surface area contributed by atoms with Crippen LogP contribution in [-0.4, -0.2) is 35.0 Å². The third kappa shape index (κ3) is 7.53. The van der Waals surface area contributed by atoms with Gasteiger partial charge in [-0.15, -0.1) is 0 Å². The van der Waals surface area contributed by atoms with Crippen LogP contribution in [0.3, 0.4) is 0 Å². The molecule has 1 rings (SSSR count). The largest absolute Gasteiger partial charge is 0.460 e. The summed E-state index contributed by atoms with van der Waals surface area (Å²) in [6.45, 7) is -0.0742. The van der Waals surface area contributed by atoms with E-state index in [9.17, 15) is 9.90 Å².